The maximum Gasteiger partial charge on any atom is 0.210 e. The Morgan fingerprint density at radius 3 is 2.24 bits per heavy atom. The molecule has 3 nitrogen and oxygen atoms in total. The largest absolute Gasteiger partial charge is 0.337 e. The molecule has 0 aliphatic heterocycles. The second-order valence-corrected chi connectivity index (χ2v) is 7.12. The Morgan fingerprint density at radius 2 is 1.56 bits per heavy atom. The molecule has 0 amide bonds. The number of rotatable bonds is 4. The summed E-state index contributed by atoms with van der Waals surface area (Å²) in [7, 11) is 4.31. The number of nitrogens with one attached hydrogen (secondary N) is 1. The summed E-state index contributed by atoms with van der Waals surface area (Å²) in [6.07, 6.45) is 0. The highest BCUT2D eigenvalue weighted by Crippen LogP contribution is 2.42. The van der Waals surface area contributed by atoms with E-state index in [2.05, 4.69) is 55.9 Å². The van der Waals surface area contributed by atoms with E-state index in [0.717, 1.165) is 35.5 Å². The molecule has 3 aromatic rings. The molecule has 25 heavy (non-hydrogen) atoms. The minimum absolute atomic E-state index is 0.157. The van der Waals surface area contributed by atoms with Gasteiger partial charge in [-0.15, -0.1) is 0 Å². The van der Waals surface area contributed by atoms with Crippen molar-refractivity contribution < 1.29 is 9.69 Å². The van der Waals surface area contributed by atoms with Gasteiger partial charge in [-0.25, -0.2) is 0 Å². The average Bonchev–Trinajstić information content (AvgIpc) is 3.04. The van der Waals surface area contributed by atoms with E-state index in [4.69, 9.17) is 0 Å². The van der Waals surface area contributed by atoms with E-state index in [1.165, 1.54) is 21.7 Å². The maximum atomic E-state index is 13.1. The van der Waals surface area contributed by atoms with Crippen LogP contribution in [0.5, 0.6) is 0 Å². The standard InChI is InChI=1S/C22H22N2O/c1-15-19(14-23(2)3)20-17-11-7-8-12-18(17)22(25)21(20)24(15)13-16-9-5-4-6-10-16/h4-12H,13-14H2,1-3H3/p+1. The lowest BCUT2D eigenvalue weighted by Gasteiger charge is -2.12. The van der Waals surface area contributed by atoms with Gasteiger partial charge >= 0.3 is 0 Å². The topological polar surface area (TPSA) is 26.4 Å². The lowest BCUT2D eigenvalue weighted by Crippen LogP contribution is -3.04. The number of hydrogen-bond donors (Lipinski definition) is 1. The van der Waals surface area contributed by atoms with Gasteiger partial charge in [0.25, 0.3) is 0 Å². The molecule has 4 rings (SSSR count). The zero-order chi connectivity index (χ0) is 17.6. The molecule has 0 saturated heterocycles. The van der Waals surface area contributed by atoms with Crippen molar-refractivity contribution in [2.75, 3.05) is 14.1 Å². The highest BCUT2D eigenvalue weighted by atomic mass is 16.1. The Bertz CT molecular complexity index is 952. The molecular formula is C22H23N2O+. The Morgan fingerprint density at radius 1 is 0.920 bits per heavy atom. The van der Waals surface area contributed by atoms with Gasteiger partial charge in [0, 0.05) is 28.9 Å². The molecule has 0 spiro atoms. The van der Waals surface area contributed by atoms with Gasteiger partial charge in [-0.3, -0.25) is 4.79 Å². The van der Waals surface area contributed by atoms with Gasteiger partial charge in [0.05, 0.1) is 19.8 Å². The minimum Gasteiger partial charge on any atom is -0.337 e. The lowest BCUT2D eigenvalue weighted by atomic mass is 10.0. The van der Waals surface area contributed by atoms with Crippen LogP contribution in [0.3, 0.4) is 0 Å². The molecule has 0 fully saturated rings. The fourth-order valence-corrected chi connectivity index (χ4v) is 3.88. The van der Waals surface area contributed by atoms with Crippen molar-refractivity contribution >= 4 is 5.78 Å². The molecule has 0 radical (unpaired) electrons. The van der Waals surface area contributed by atoms with E-state index >= 15 is 0 Å². The SMILES string of the molecule is Cc1c(C[NH+](C)C)c2c(n1Cc1ccccc1)C(=O)c1ccccc1-2. The molecule has 1 heterocycles. The van der Waals surface area contributed by atoms with Gasteiger partial charge in [0.2, 0.25) is 5.78 Å². The second-order valence-electron chi connectivity index (χ2n) is 7.12. The third-order valence-electron chi connectivity index (χ3n) is 5.02. The molecule has 1 aromatic heterocycles. The van der Waals surface area contributed by atoms with E-state index < -0.39 is 0 Å². The minimum atomic E-state index is 0.157. The van der Waals surface area contributed by atoms with Crippen LogP contribution in [0.25, 0.3) is 11.1 Å². The van der Waals surface area contributed by atoms with Crippen molar-refractivity contribution in [2.45, 2.75) is 20.0 Å². The number of quaternary nitrogens is 1. The molecule has 1 aliphatic rings. The molecule has 0 atom stereocenters. The first-order chi connectivity index (χ1) is 12.1. The fourth-order valence-electron chi connectivity index (χ4n) is 3.88. The van der Waals surface area contributed by atoms with Crippen LogP contribution in [-0.2, 0) is 13.1 Å². The second kappa shape index (κ2) is 6.01. The molecule has 1 N–H and O–H groups in total. The van der Waals surface area contributed by atoms with Gasteiger partial charge in [0.1, 0.15) is 6.54 Å². The summed E-state index contributed by atoms with van der Waals surface area (Å²) in [6, 6.07) is 18.4. The smallest absolute Gasteiger partial charge is 0.210 e. The quantitative estimate of drug-likeness (QED) is 0.611. The van der Waals surface area contributed by atoms with Crippen molar-refractivity contribution in [3.63, 3.8) is 0 Å². The molecule has 3 heteroatoms. The van der Waals surface area contributed by atoms with Crippen LogP contribution >= 0.6 is 0 Å². The maximum absolute atomic E-state index is 13.1. The van der Waals surface area contributed by atoms with Gasteiger partial charge in [0.15, 0.2) is 0 Å². The number of nitrogens with zero attached hydrogens (tertiary/aromatic N) is 1. The van der Waals surface area contributed by atoms with Crippen LogP contribution in [0.4, 0.5) is 0 Å². The van der Waals surface area contributed by atoms with Crippen LogP contribution in [0.15, 0.2) is 54.6 Å². The predicted molar refractivity (Wildman–Crippen MR) is 100 cm³/mol. The third-order valence-corrected chi connectivity index (χ3v) is 5.02. The van der Waals surface area contributed by atoms with Crippen LogP contribution in [0.1, 0.15) is 32.9 Å². The first-order valence-electron chi connectivity index (χ1n) is 8.77. The average molecular weight is 331 g/mol. The van der Waals surface area contributed by atoms with Crippen molar-refractivity contribution in [2.24, 2.45) is 0 Å². The summed E-state index contributed by atoms with van der Waals surface area (Å²) in [5.41, 5.74) is 7.66. The monoisotopic (exact) mass is 331 g/mol. The van der Waals surface area contributed by atoms with Gasteiger partial charge in [-0.1, -0.05) is 54.6 Å². The molecule has 0 bridgehead atoms. The Labute approximate surface area is 148 Å². The lowest BCUT2D eigenvalue weighted by molar-refractivity contribution is -0.872. The van der Waals surface area contributed by atoms with E-state index in [-0.39, 0.29) is 5.78 Å². The van der Waals surface area contributed by atoms with Crippen LogP contribution in [0, 0.1) is 6.92 Å². The highest BCUT2D eigenvalue weighted by molar-refractivity contribution is 6.21. The Hall–Kier alpha value is -2.65. The summed E-state index contributed by atoms with van der Waals surface area (Å²) in [4.78, 5) is 14.5. The van der Waals surface area contributed by atoms with Crippen LogP contribution in [-0.4, -0.2) is 24.4 Å². The van der Waals surface area contributed by atoms with E-state index in [1.54, 1.807) is 0 Å². The van der Waals surface area contributed by atoms with Crippen molar-refractivity contribution in [3.05, 3.63) is 82.7 Å². The number of aromatic nitrogens is 1. The molecule has 126 valence electrons. The number of carbonyl (C=O) groups is 1. The zero-order valence-corrected chi connectivity index (χ0v) is 15.0. The van der Waals surface area contributed by atoms with E-state index in [1.807, 2.05) is 24.3 Å². The molecular weight excluding hydrogens is 308 g/mol. The highest BCUT2D eigenvalue weighted by Gasteiger charge is 2.35. The van der Waals surface area contributed by atoms with E-state index in [9.17, 15) is 4.79 Å². The number of benzene rings is 2. The molecule has 0 unspecified atom stereocenters. The number of ketones is 1. The molecule has 0 saturated carbocycles. The predicted octanol–water partition coefficient (Wildman–Crippen LogP) is 2.70. The van der Waals surface area contributed by atoms with Crippen molar-refractivity contribution in [1.29, 1.82) is 0 Å². The Kier molecular flexibility index (Phi) is 3.81. The first kappa shape index (κ1) is 15.9. The van der Waals surface area contributed by atoms with Gasteiger partial charge < -0.3 is 9.47 Å². The molecule has 2 aromatic carbocycles. The third kappa shape index (κ3) is 2.52. The first-order valence-corrected chi connectivity index (χ1v) is 8.77. The van der Waals surface area contributed by atoms with Crippen molar-refractivity contribution in [1.82, 2.24) is 4.57 Å². The molecule has 1 aliphatic carbocycles. The summed E-state index contributed by atoms with van der Waals surface area (Å²) < 4.78 is 2.21. The normalized spacial score (nSPS) is 12.6. The summed E-state index contributed by atoms with van der Waals surface area (Å²) in [5.74, 6) is 0.157. The van der Waals surface area contributed by atoms with Crippen molar-refractivity contribution in [3.8, 4) is 11.1 Å². The van der Waals surface area contributed by atoms with Gasteiger partial charge in [-0.05, 0) is 18.1 Å². The number of carbonyl (C=O) groups excluding carboxylic acids is 1. The van der Waals surface area contributed by atoms with Crippen LogP contribution in [0.2, 0.25) is 0 Å². The zero-order valence-electron chi connectivity index (χ0n) is 15.0. The summed E-state index contributed by atoms with van der Waals surface area (Å²) >= 11 is 0. The number of hydrogen-bond acceptors (Lipinski definition) is 1. The Balaban J connectivity index is 1.93. The number of fused-ring (bicyclic) bond motifs is 3. The summed E-state index contributed by atoms with van der Waals surface area (Å²) in [6.45, 7) is 3.80. The summed E-state index contributed by atoms with van der Waals surface area (Å²) in [5, 5.41) is 0. The van der Waals surface area contributed by atoms with Crippen LogP contribution < -0.4 is 4.90 Å². The van der Waals surface area contributed by atoms with Gasteiger partial charge in [-0.2, -0.15) is 0 Å². The fraction of sp³-hybridized carbons (Fsp3) is 0.227. The van der Waals surface area contributed by atoms with E-state index in [0.29, 0.717) is 0 Å².